The summed E-state index contributed by atoms with van der Waals surface area (Å²) < 4.78 is 27.7. The van der Waals surface area contributed by atoms with Crippen LogP contribution in [0.3, 0.4) is 0 Å². The molecule has 2 heterocycles. The van der Waals surface area contributed by atoms with Crippen molar-refractivity contribution in [1.29, 1.82) is 0 Å². The molecule has 1 N–H and O–H groups in total. The first-order valence-electron chi connectivity index (χ1n) is 9.70. The molecule has 1 aliphatic heterocycles. The number of hydrogen-bond donors (Lipinski definition) is 1. The average molecular weight is 402 g/mol. The topological polar surface area (TPSA) is 79.4 Å². The van der Waals surface area contributed by atoms with Crippen molar-refractivity contribution in [3.05, 3.63) is 59.4 Å². The Morgan fingerprint density at radius 1 is 1.25 bits per heavy atom. The van der Waals surface area contributed by atoms with E-state index in [4.69, 9.17) is 0 Å². The van der Waals surface area contributed by atoms with Gasteiger partial charge in [-0.15, -0.1) is 0 Å². The highest BCUT2D eigenvalue weighted by Gasteiger charge is 2.31. The van der Waals surface area contributed by atoms with E-state index in [0.29, 0.717) is 25.1 Å². The van der Waals surface area contributed by atoms with E-state index in [0.717, 1.165) is 30.5 Å². The molecule has 1 unspecified atom stereocenters. The minimum Gasteiger partial charge on any atom is -0.352 e. The average Bonchev–Trinajstić information content (AvgIpc) is 2.69. The number of nitrogens with one attached hydrogen (secondary N) is 1. The second-order valence-corrected chi connectivity index (χ2v) is 9.15. The molecule has 1 aliphatic rings. The number of aryl methyl sites for hydroxylation is 1. The Kier molecular flexibility index (Phi) is 6.46. The van der Waals surface area contributed by atoms with E-state index >= 15 is 0 Å². The molecule has 28 heavy (non-hydrogen) atoms. The molecule has 1 aromatic heterocycles. The minimum atomic E-state index is -3.60. The number of hydrogen-bond acceptors (Lipinski definition) is 4. The summed E-state index contributed by atoms with van der Waals surface area (Å²) in [6.45, 7) is 4.72. The van der Waals surface area contributed by atoms with Gasteiger partial charge in [0, 0.05) is 43.0 Å². The molecule has 1 saturated heterocycles. The third-order valence-electron chi connectivity index (χ3n) is 5.20. The number of piperidine rings is 1. The zero-order valence-electron chi connectivity index (χ0n) is 16.4. The predicted octanol–water partition coefficient (Wildman–Crippen LogP) is 2.93. The van der Waals surface area contributed by atoms with Crippen molar-refractivity contribution in [2.24, 2.45) is 0 Å². The summed E-state index contributed by atoms with van der Waals surface area (Å²) in [7, 11) is -3.60. The Labute approximate surface area is 167 Å². The second kappa shape index (κ2) is 8.84. The van der Waals surface area contributed by atoms with Crippen LogP contribution in [0.15, 0.2) is 47.5 Å². The van der Waals surface area contributed by atoms with Crippen LogP contribution in [0, 0.1) is 6.92 Å². The van der Waals surface area contributed by atoms with E-state index in [1.54, 1.807) is 22.6 Å². The predicted molar refractivity (Wildman–Crippen MR) is 109 cm³/mol. The first-order valence-corrected chi connectivity index (χ1v) is 11.1. The quantitative estimate of drug-likeness (QED) is 0.807. The van der Waals surface area contributed by atoms with Gasteiger partial charge in [0.2, 0.25) is 10.0 Å². The van der Waals surface area contributed by atoms with Gasteiger partial charge in [0.15, 0.2) is 0 Å². The first kappa shape index (κ1) is 20.5. The maximum absolute atomic E-state index is 13.1. The highest BCUT2D eigenvalue weighted by molar-refractivity contribution is 7.89. The molecule has 2 aromatic rings. The zero-order valence-corrected chi connectivity index (χ0v) is 17.2. The molecule has 0 radical (unpaired) electrons. The maximum atomic E-state index is 13.1. The van der Waals surface area contributed by atoms with Crippen LogP contribution in [0.25, 0.3) is 0 Å². The fraction of sp³-hybridized carbons (Fsp3) is 0.429. The summed E-state index contributed by atoms with van der Waals surface area (Å²) in [6.07, 6.45) is 5.12. The molecular weight excluding hydrogens is 374 g/mol. The number of nitrogens with zero attached hydrogens (tertiary/aromatic N) is 2. The minimum absolute atomic E-state index is 0.0179. The molecule has 0 bridgehead atoms. The van der Waals surface area contributed by atoms with Crippen LogP contribution < -0.4 is 5.32 Å². The van der Waals surface area contributed by atoms with E-state index in [9.17, 15) is 13.2 Å². The Bertz CT molecular complexity index is 929. The Morgan fingerprint density at radius 3 is 2.79 bits per heavy atom. The lowest BCUT2D eigenvalue weighted by molar-refractivity contribution is 0.0953. The van der Waals surface area contributed by atoms with Gasteiger partial charge in [-0.25, -0.2) is 8.42 Å². The van der Waals surface area contributed by atoms with Crippen LogP contribution in [0.5, 0.6) is 0 Å². The third kappa shape index (κ3) is 4.59. The number of benzene rings is 1. The molecular formula is C21H27N3O3S. The lowest BCUT2D eigenvalue weighted by Crippen LogP contribution is -2.42. The van der Waals surface area contributed by atoms with Crippen LogP contribution in [-0.4, -0.2) is 42.7 Å². The number of carbonyl (C=O) groups is 1. The van der Waals surface area contributed by atoms with Gasteiger partial charge < -0.3 is 5.32 Å². The van der Waals surface area contributed by atoms with Gasteiger partial charge in [0.05, 0.1) is 4.90 Å². The number of amides is 1. The maximum Gasteiger partial charge on any atom is 0.251 e. The molecule has 3 rings (SSSR count). The van der Waals surface area contributed by atoms with Gasteiger partial charge in [-0.2, -0.15) is 4.31 Å². The molecule has 150 valence electrons. The largest absolute Gasteiger partial charge is 0.352 e. The third-order valence-corrected chi connectivity index (χ3v) is 7.20. The smallest absolute Gasteiger partial charge is 0.251 e. The fourth-order valence-electron chi connectivity index (χ4n) is 3.52. The van der Waals surface area contributed by atoms with Crippen LogP contribution >= 0.6 is 0 Å². The van der Waals surface area contributed by atoms with Crippen LogP contribution in [0.2, 0.25) is 0 Å². The molecule has 7 heteroatoms. The van der Waals surface area contributed by atoms with Gasteiger partial charge in [-0.3, -0.25) is 9.78 Å². The first-order chi connectivity index (χ1) is 13.4. The fourth-order valence-corrected chi connectivity index (χ4v) is 5.24. The zero-order chi connectivity index (χ0) is 20.1. The number of carbonyl (C=O) groups excluding carboxylic acids is 1. The van der Waals surface area contributed by atoms with Crippen molar-refractivity contribution < 1.29 is 13.2 Å². The standard InChI is InChI=1S/C21H27N3O3S/c1-16-9-10-19(28(26,27)24-14-6-4-7-17(24)2)15-20(16)21(25)23-13-11-18-8-3-5-12-22-18/h3,5,8-10,12,15,17H,4,6-7,11,13-14H2,1-2H3,(H,23,25). The Balaban J connectivity index is 1.74. The molecule has 6 nitrogen and oxygen atoms in total. The van der Waals surface area contributed by atoms with Crippen molar-refractivity contribution in [2.75, 3.05) is 13.1 Å². The molecule has 0 aliphatic carbocycles. The molecule has 1 amide bonds. The summed E-state index contributed by atoms with van der Waals surface area (Å²) in [5.74, 6) is -0.267. The van der Waals surface area contributed by atoms with E-state index < -0.39 is 10.0 Å². The van der Waals surface area contributed by atoms with Crippen LogP contribution in [-0.2, 0) is 16.4 Å². The molecule has 1 fully saturated rings. The highest BCUT2D eigenvalue weighted by atomic mass is 32.2. The van der Waals surface area contributed by atoms with Gasteiger partial charge in [0.25, 0.3) is 5.91 Å². The van der Waals surface area contributed by atoms with E-state index in [-0.39, 0.29) is 16.8 Å². The lowest BCUT2D eigenvalue weighted by Gasteiger charge is -2.32. The highest BCUT2D eigenvalue weighted by Crippen LogP contribution is 2.26. The summed E-state index contributed by atoms with van der Waals surface area (Å²) >= 11 is 0. The van der Waals surface area contributed by atoms with Crippen molar-refractivity contribution in [1.82, 2.24) is 14.6 Å². The normalized spacial score (nSPS) is 18.0. The second-order valence-electron chi connectivity index (χ2n) is 7.26. The molecule has 1 atom stereocenters. The van der Waals surface area contributed by atoms with Gasteiger partial charge >= 0.3 is 0 Å². The van der Waals surface area contributed by atoms with Crippen molar-refractivity contribution in [2.45, 2.75) is 50.5 Å². The summed E-state index contributed by atoms with van der Waals surface area (Å²) in [4.78, 5) is 17.1. The Hall–Kier alpha value is -2.25. The number of rotatable bonds is 6. The Morgan fingerprint density at radius 2 is 2.07 bits per heavy atom. The van der Waals surface area contributed by atoms with Crippen molar-refractivity contribution in [3.8, 4) is 0 Å². The number of pyridine rings is 1. The molecule has 1 aromatic carbocycles. The van der Waals surface area contributed by atoms with Crippen LogP contribution in [0.1, 0.15) is 47.8 Å². The van der Waals surface area contributed by atoms with E-state index in [2.05, 4.69) is 10.3 Å². The summed E-state index contributed by atoms with van der Waals surface area (Å²) in [5.41, 5.74) is 2.04. The van der Waals surface area contributed by atoms with E-state index in [1.165, 1.54) is 6.07 Å². The SMILES string of the molecule is Cc1ccc(S(=O)(=O)N2CCCCC2C)cc1C(=O)NCCc1ccccn1. The lowest BCUT2D eigenvalue weighted by atomic mass is 10.1. The van der Waals surface area contributed by atoms with Gasteiger partial charge in [-0.05, 0) is 56.5 Å². The van der Waals surface area contributed by atoms with Crippen molar-refractivity contribution in [3.63, 3.8) is 0 Å². The molecule has 0 spiro atoms. The van der Waals surface area contributed by atoms with Crippen molar-refractivity contribution >= 4 is 15.9 Å². The number of aromatic nitrogens is 1. The molecule has 0 saturated carbocycles. The van der Waals surface area contributed by atoms with Gasteiger partial charge in [0.1, 0.15) is 0 Å². The summed E-state index contributed by atoms with van der Waals surface area (Å²) in [5, 5.41) is 2.87. The van der Waals surface area contributed by atoms with E-state index in [1.807, 2.05) is 32.0 Å². The summed E-state index contributed by atoms with van der Waals surface area (Å²) in [6, 6.07) is 10.4. The van der Waals surface area contributed by atoms with Gasteiger partial charge in [-0.1, -0.05) is 18.6 Å². The monoisotopic (exact) mass is 401 g/mol. The number of sulfonamides is 1. The van der Waals surface area contributed by atoms with Crippen LogP contribution in [0.4, 0.5) is 0 Å².